The average molecular weight is 261 g/mol. The fourth-order valence-corrected chi connectivity index (χ4v) is 2.73. The van der Waals surface area contributed by atoms with Gasteiger partial charge in [-0.15, -0.1) is 0 Å². The first kappa shape index (κ1) is 14.1. The summed E-state index contributed by atoms with van der Waals surface area (Å²) in [4.78, 5) is 12.1. The molecule has 1 aliphatic rings. The molecule has 1 aromatic rings. The molecule has 19 heavy (non-hydrogen) atoms. The van der Waals surface area contributed by atoms with Crippen LogP contribution in [0, 0.1) is 6.92 Å². The maximum absolute atomic E-state index is 12.1. The van der Waals surface area contributed by atoms with Gasteiger partial charge in [0.05, 0.1) is 5.60 Å². The van der Waals surface area contributed by atoms with Gasteiger partial charge in [-0.25, -0.2) is 0 Å². The summed E-state index contributed by atoms with van der Waals surface area (Å²) in [5, 5.41) is 13.4. The van der Waals surface area contributed by atoms with E-state index in [9.17, 15) is 9.90 Å². The van der Waals surface area contributed by atoms with Gasteiger partial charge in [0.25, 0.3) is 5.91 Å². The molecule has 0 heterocycles. The molecular formula is C16H23NO2. The third-order valence-corrected chi connectivity index (χ3v) is 4.00. The van der Waals surface area contributed by atoms with Gasteiger partial charge in [0.2, 0.25) is 0 Å². The van der Waals surface area contributed by atoms with E-state index in [0.717, 1.165) is 31.2 Å². The van der Waals surface area contributed by atoms with Crippen LogP contribution in [0.15, 0.2) is 24.3 Å². The van der Waals surface area contributed by atoms with Crippen molar-refractivity contribution in [3.8, 4) is 0 Å². The number of benzene rings is 1. The Morgan fingerprint density at radius 3 is 2.47 bits per heavy atom. The van der Waals surface area contributed by atoms with Crippen LogP contribution in [0.5, 0.6) is 0 Å². The highest BCUT2D eigenvalue weighted by Gasteiger charge is 2.28. The van der Waals surface area contributed by atoms with E-state index >= 15 is 0 Å². The van der Waals surface area contributed by atoms with Crippen molar-refractivity contribution < 1.29 is 9.90 Å². The van der Waals surface area contributed by atoms with Crippen LogP contribution in [-0.2, 0) is 0 Å². The first-order valence-corrected chi connectivity index (χ1v) is 7.17. The fourth-order valence-electron chi connectivity index (χ4n) is 2.73. The Morgan fingerprint density at radius 1 is 1.21 bits per heavy atom. The number of hydrogen-bond donors (Lipinski definition) is 2. The predicted molar refractivity (Wildman–Crippen MR) is 76.2 cm³/mol. The first-order valence-electron chi connectivity index (χ1n) is 7.17. The molecule has 0 saturated heterocycles. The molecule has 3 heteroatoms. The van der Waals surface area contributed by atoms with Gasteiger partial charge in [0, 0.05) is 12.1 Å². The Bertz CT molecular complexity index is 434. The number of hydrogen-bond acceptors (Lipinski definition) is 2. The van der Waals surface area contributed by atoms with E-state index in [-0.39, 0.29) is 5.91 Å². The predicted octanol–water partition coefficient (Wildman–Crippen LogP) is 2.81. The molecule has 1 aliphatic carbocycles. The number of aryl methyl sites for hydroxylation is 1. The molecule has 0 spiro atoms. The van der Waals surface area contributed by atoms with Crippen molar-refractivity contribution in [1.82, 2.24) is 5.32 Å². The Morgan fingerprint density at radius 2 is 1.84 bits per heavy atom. The van der Waals surface area contributed by atoms with Gasteiger partial charge in [-0.05, 0) is 31.4 Å². The van der Waals surface area contributed by atoms with Gasteiger partial charge in [0.15, 0.2) is 0 Å². The highest BCUT2D eigenvalue weighted by molar-refractivity contribution is 5.95. The van der Waals surface area contributed by atoms with E-state index in [1.807, 2.05) is 31.2 Å². The molecule has 0 aliphatic heterocycles. The summed E-state index contributed by atoms with van der Waals surface area (Å²) >= 11 is 0. The van der Waals surface area contributed by atoms with Crippen LogP contribution in [-0.4, -0.2) is 23.2 Å². The normalized spacial score (nSPS) is 18.6. The molecule has 0 bridgehead atoms. The second-order valence-corrected chi connectivity index (χ2v) is 5.64. The van der Waals surface area contributed by atoms with Crippen LogP contribution in [0.4, 0.5) is 0 Å². The van der Waals surface area contributed by atoms with Crippen LogP contribution < -0.4 is 5.32 Å². The summed E-state index contributed by atoms with van der Waals surface area (Å²) in [5.74, 6) is -0.0872. The largest absolute Gasteiger partial charge is 0.388 e. The number of amides is 1. The van der Waals surface area contributed by atoms with E-state index < -0.39 is 5.60 Å². The quantitative estimate of drug-likeness (QED) is 0.822. The molecule has 3 nitrogen and oxygen atoms in total. The summed E-state index contributed by atoms with van der Waals surface area (Å²) in [5.41, 5.74) is 0.946. The zero-order chi connectivity index (χ0) is 13.7. The molecule has 0 unspecified atom stereocenters. The fraction of sp³-hybridized carbons (Fsp3) is 0.562. The van der Waals surface area contributed by atoms with Crippen LogP contribution in [0.2, 0.25) is 0 Å². The summed E-state index contributed by atoms with van der Waals surface area (Å²) in [6.07, 6.45) is 6.07. The number of aliphatic hydroxyl groups is 1. The lowest BCUT2D eigenvalue weighted by molar-refractivity contribution is 0.0246. The molecule has 1 amide bonds. The third-order valence-electron chi connectivity index (χ3n) is 4.00. The van der Waals surface area contributed by atoms with E-state index in [2.05, 4.69) is 5.32 Å². The van der Waals surface area contributed by atoms with Crippen molar-refractivity contribution >= 4 is 5.91 Å². The summed E-state index contributed by atoms with van der Waals surface area (Å²) in [7, 11) is 0. The van der Waals surface area contributed by atoms with E-state index in [1.165, 1.54) is 12.8 Å². The zero-order valence-corrected chi connectivity index (χ0v) is 11.6. The van der Waals surface area contributed by atoms with Gasteiger partial charge < -0.3 is 10.4 Å². The van der Waals surface area contributed by atoms with Gasteiger partial charge in [-0.3, -0.25) is 4.79 Å². The minimum Gasteiger partial charge on any atom is -0.388 e. The third kappa shape index (κ3) is 3.80. The van der Waals surface area contributed by atoms with E-state index in [1.54, 1.807) is 0 Å². The summed E-state index contributed by atoms with van der Waals surface area (Å²) in [6.45, 7) is 2.29. The van der Waals surface area contributed by atoms with Crippen LogP contribution in [0.25, 0.3) is 0 Å². The summed E-state index contributed by atoms with van der Waals surface area (Å²) < 4.78 is 0. The highest BCUT2D eigenvalue weighted by Crippen LogP contribution is 2.26. The van der Waals surface area contributed by atoms with Crippen molar-refractivity contribution in [2.45, 2.75) is 51.0 Å². The molecule has 1 fully saturated rings. The van der Waals surface area contributed by atoms with Crippen molar-refractivity contribution in [1.29, 1.82) is 0 Å². The lowest BCUT2D eigenvalue weighted by atomic mass is 9.94. The monoisotopic (exact) mass is 261 g/mol. The lowest BCUT2D eigenvalue weighted by Gasteiger charge is -2.26. The summed E-state index contributed by atoms with van der Waals surface area (Å²) in [6, 6.07) is 7.53. The van der Waals surface area contributed by atoms with Crippen LogP contribution in [0.1, 0.15) is 54.4 Å². The topological polar surface area (TPSA) is 49.3 Å². The smallest absolute Gasteiger partial charge is 0.251 e. The molecule has 1 aromatic carbocycles. The SMILES string of the molecule is Cc1ccccc1C(=O)NCC1(O)CCCCCC1. The van der Waals surface area contributed by atoms with Crippen molar-refractivity contribution in [2.75, 3.05) is 6.54 Å². The van der Waals surface area contributed by atoms with E-state index in [0.29, 0.717) is 12.1 Å². The first-order chi connectivity index (χ1) is 9.11. The highest BCUT2D eigenvalue weighted by atomic mass is 16.3. The maximum Gasteiger partial charge on any atom is 0.251 e. The molecule has 0 atom stereocenters. The second kappa shape index (κ2) is 6.20. The molecule has 2 N–H and O–H groups in total. The van der Waals surface area contributed by atoms with Crippen molar-refractivity contribution in [3.63, 3.8) is 0 Å². The van der Waals surface area contributed by atoms with Gasteiger partial charge >= 0.3 is 0 Å². The van der Waals surface area contributed by atoms with Crippen molar-refractivity contribution in [2.24, 2.45) is 0 Å². The zero-order valence-electron chi connectivity index (χ0n) is 11.6. The molecular weight excluding hydrogens is 238 g/mol. The lowest BCUT2D eigenvalue weighted by Crippen LogP contribution is -2.42. The molecule has 0 aromatic heterocycles. The Labute approximate surface area is 115 Å². The Hall–Kier alpha value is -1.35. The van der Waals surface area contributed by atoms with Crippen LogP contribution in [0.3, 0.4) is 0 Å². The second-order valence-electron chi connectivity index (χ2n) is 5.64. The van der Waals surface area contributed by atoms with Gasteiger partial charge in [-0.2, -0.15) is 0 Å². The van der Waals surface area contributed by atoms with Crippen molar-refractivity contribution in [3.05, 3.63) is 35.4 Å². The van der Waals surface area contributed by atoms with Crippen LogP contribution >= 0.6 is 0 Å². The standard InChI is InChI=1S/C16H23NO2/c1-13-8-4-5-9-14(13)15(18)17-12-16(19)10-6-2-3-7-11-16/h4-5,8-9,19H,2-3,6-7,10-12H2,1H3,(H,17,18). The average Bonchev–Trinajstić information content (AvgIpc) is 2.62. The minimum atomic E-state index is -0.713. The van der Waals surface area contributed by atoms with Gasteiger partial charge in [-0.1, -0.05) is 43.9 Å². The molecule has 104 valence electrons. The Balaban J connectivity index is 1.94. The Kier molecular flexibility index (Phi) is 4.59. The molecule has 2 rings (SSSR count). The number of rotatable bonds is 3. The number of carbonyl (C=O) groups excluding carboxylic acids is 1. The molecule has 1 saturated carbocycles. The number of carbonyl (C=O) groups is 1. The minimum absolute atomic E-state index is 0.0872. The number of nitrogens with one attached hydrogen (secondary N) is 1. The van der Waals surface area contributed by atoms with Gasteiger partial charge in [0.1, 0.15) is 0 Å². The molecule has 0 radical (unpaired) electrons. The van der Waals surface area contributed by atoms with E-state index in [4.69, 9.17) is 0 Å². The maximum atomic E-state index is 12.1.